The molecule has 0 aliphatic heterocycles. The zero-order valence-corrected chi connectivity index (χ0v) is 11.4. The van der Waals surface area contributed by atoms with E-state index in [0.717, 1.165) is 0 Å². The van der Waals surface area contributed by atoms with Crippen molar-refractivity contribution in [3.8, 4) is 5.75 Å². The van der Waals surface area contributed by atoms with E-state index in [1.807, 2.05) is 0 Å². The minimum absolute atomic E-state index is 0.00360. The highest BCUT2D eigenvalue weighted by Crippen LogP contribution is 2.22. The number of methoxy groups -OCH3 is 1. The Morgan fingerprint density at radius 3 is 2.75 bits per heavy atom. The van der Waals surface area contributed by atoms with E-state index >= 15 is 0 Å². The number of halogens is 2. The Balaban J connectivity index is 2.28. The summed E-state index contributed by atoms with van der Waals surface area (Å²) in [5.74, 6) is -0.628. The standard InChI is InChI=1S/C14H12ClFN2O2/c1-20-11-5-8(4-10(17)7-11)14(19)18-13-6-9(15)2-3-12(13)16/h2-7H,17H2,1H3,(H,18,19). The highest BCUT2D eigenvalue weighted by Gasteiger charge is 2.11. The summed E-state index contributed by atoms with van der Waals surface area (Å²) in [6.07, 6.45) is 0. The van der Waals surface area contributed by atoms with Crippen LogP contribution in [0.4, 0.5) is 15.8 Å². The molecule has 0 unspecified atom stereocenters. The van der Waals surface area contributed by atoms with Crippen LogP contribution in [0.2, 0.25) is 5.02 Å². The number of hydrogen-bond acceptors (Lipinski definition) is 3. The maximum absolute atomic E-state index is 13.5. The Morgan fingerprint density at radius 2 is 2.05 bits per heavy atom. The quantitative estimate of drug-likeness (QED) is 0.854. The summed E-state index contributed by atoms with van der Waals surface area (Å²) in [5, 5.41) is 2.76. The third-order valence-corrected chi connectivity index (χ3v) is 2.84. The third-order valence-electron chi connectivity index (χ3n) is 2.60. The number of nitrogens with two attached hydrogens (primary N) is 1. The Labute approximate surface area is 120 Å². The molecule has 0 saturated heterocycles. The third kappa shape index (κ3) is 3.19. The zero-order chi connectivity index (χ0) is 14.7. The largest absolute Gasteiger partial charge is 0.497 e. The van der Waals surface area contributed by atoms with Crippen molar-refractivity contribution in [2.75, 3.05) is 18.2 Å². The van der Waals surface area contributed by atoms with Gasteiger partial charge in [-0.25, -0.2) is 4.39 Å². The van der Waals surface area contributed by atoms with Crippen LogP contribution < -0.4 is 15.8 Å². The van der Waals surface area contributed by atoms with Gasteiger partial charge in [0.1, 0.15) is 11.6 Å². The van der Waals surface area contributed by atoms with Crippen molar-refractivity contribution in [1.29, 1.82) is 0 Å². The van der Waals surface area contributed by atoms with Gasteiger partial charge in [0.05, 0.1) is 12.8 Å². The van der Waals surface area contributed by atoms with Gasteiger partial charge >= 0.3 is 0 Å². The monoisotopic (exact) mass is 294 g/mol. The summed E-state index contributed by atoms with van der Waals surface area (Å²) in [4.78, 5) is 12.1. The van der Waals surface area contributed by atoms with Crippen LogP contribution in [0.15, 0.2) is 36.4 Å². The predicted octanol–water partition coefficient (Wildman–Crippen LogP) is 3.32. The van der Waals surface area contributed by atoms with Gasteiger partial charge in [0.15, 0.2) is 0 Å². The van der Waals surface area contributed by atoms with Gasteiger partial charge in [-0.15, -0.1) is 0 Å². The molecule has 104 valence electrons. The van der Waals surface area contributed by atoms with E-state index in [2.05, 4.69) is 5.32 Å². The van der Waals surface area contributed by atoms with Crippen LogP contribution in [-0.4, -0.2) is 13.0 Å². The predicted molar refractivity (Wildman–Crippen MR) is 76.8 cm³/mol. The fraction of sp³-hybridized carbons (Fsp3) is 0.0714. The lowest BCUT2D eigenvalue weighted by molar-refractivity contribution is 0.102. The molecule has 6 heteroatoms. The number of benzene rings is 2. The first kappa shape index (κ1) is 14.1. The van der Waals surface area contributed by atoms with Crippen molar-refractivity contribution in [3.05, 3.63) is 52.8 Å². The van der Waals surface area contributed by atoms with Crippen LogP contribution in [0, 0.1) is 5.82 Å². The summed E-state index contributed by atoms with van der Waals surface area (Å²) >= 11 is 5.76. The molecule has 0 heterocycles. The number of hydrogen-bond donors (Lipinski definition) is 2. The number of carbonyl (C=O) groups is 1. The second kappa shape index (κ2) is 5.79. The first-order valence-electron chi connectivity index (χ1n) is 5.70. The SMILES string of the molecule is COc1cc(N)cc(C(=O)Nc2cc(Cl)ccc2F)c1. The van der Waals surface area contributed by atoms with E-state index in [-0.39, 0.29) is 11.3 Å². The number of ether oxygens (including phenoxy) is 1. The molecule has 0 aromatic heterocycles. The summed E-state index contributed by atoms with van der Waals surface area (Å²) in [6.45, 7) is 0. The molecule has 20 heavy (non-hydrogen) atoms. The summed E-state index contributed by atoms with van der Waals surface area (Å²) in [6, 6.07) is 8.47. The normalized spacial score (nSPS) is 10.2. The minimum atomic E-state index is -0.571. The topological polar surface area (TPSA) is 64.3 Å². The summed E-state index contributed by atoms with van der Waals surface area (Å²) < 4.78 is 18.6. The van der Waals surface area contributed by atoms with E-state index in [9.17, 15) is 9.18 Å². The minimum Gasteiger partial charge on any atom is -0.497 e. The van der Waals surface area contributed by atoms with Crippen molar-refractivity contribution < 1.29 is 13.9 Å². The van der Waals surface area contributed by atoms with Crippen LogP contribution in [0.25, 0.3) is 0 Å². The molecule has 0 saturated carbocycles. The molecule has 0 aliphatic rings. The molecular formula is C14H12ClFN2O2. The van der Waals surface area contributed by atoms with E-state index in [0.29, 0.717) is 16.5 Å². The Morgan fingerprint density at radius 1 is 1.30 bits per heavy atom. The molecule has 0 bridgehead atoms. The average molecular weight is 295 g/mol. The maximum Gasteiger partial charge on any atom is 0.255 e. The maximum atomic E-state index is 13.5. The Hall–Kier alpha value is -2.27. The highest BCUT2D eigenvalue weighted by atomic mass is 35.5. The van der Waals surface area contributed by atoms with Crippen molar-refractivity contribution in [2.24, 2.45) is 0 Å². The van der Waals surface area contributed by atoms with Crippen LogP contribution in [-0.2, 0) is 0 Å². The van der Waals surface area contributed by atoms with Gasteiger partial charge in [-0.2, -0.15) is 0 Å². The van der Waals surface area contributed by atoms with Crippen LogP contribution in [0.3, 0.4) is 0 Å². The molecule has 0 spiro atoms. The first-order chi connectivity index (χ1) is 9.49. The van der Waals surface area contributed by atoms with E-state index in [1.165, 1.54) is 37.4 Å². The summed E-state index contributed by atoms with van der Waals surface area (Å²) in [5.41, 5.74) is 6.31. The molecule has 0 atom stereocenters. The van der Waals surface area contributed by atoms with E-state index in [4.69, 9.17) is 22.1 Å². The van der Waals surface area contributed by atoms with Crippen molar-refractivity contribution in [3.63, 3.8) is 0 Å². The fourth-order valence-electron chi connectivity index (χ4n) is 1.66. The van der Waals surface area contributed by atoms with Crippen molar-refractivity contribution in [2.45, 2.75) is 0 Å². The van der Waals surface area contributed by atoms with Crippen LogP contribution in [0.5, 0.6) is 5.75 Å². The first-order valence-corrected chi connectivity index (χ1v) is 6.08. The molecule has 0 radical (unpaired) electrons. The molecule has 4 nitrogen and oxygen atoms in total. The average Bonchev–Trinajstić information content (AvgIpc) is 2.42. The lowest BCUT2D eigenvalue weighted by atomic mass is 10.1. The molecule has 3 N–H and O–H groups in total. The van der Waals surface area contributed by atoms with Gasteiger partial charge in [0.2, 0.25) is 0 Å². The van der Waals surface area contributed by atoms with Gasteiger partial charge in [0.25, 0.3) is 5.91 Å². The molecule has 0 aliphatic carbocycles. The smallest absolute Gasteiger partial charge is 0.255 e. The number of anilines is 2. The van der Waals surface area contributed by atoms with Gasteiger partial charge in [-0.05, 0) is 30.3 Å². The van der Waals surface area contributed by atoms with E-state index in [1.54, 1.807) is 6.07 Å². The Bertz CT molecular complexity index is 662. The van der Waals surface area contributed by atoms with Gasteiger partial charge in [0, 0.05) is 22.3 Å². The van der Waals surface area contributed by atoms with Gasteiger partial charge < -0.3 is 15.8 Å². The fourth-order valence-corrected chi connectivity index (χ4v) is 1.83. The Kier molecular flexibility index (Phi) is 4.10. The van der Waals surface area contributed by atoms with Crippen LogP contribution >= 0.6 is 11.6 Å². The molecule has 2 rings (SSSR count). The lowest BCUT2D eigenvalue weighted by Gasteiger charge is -2.09. The number of nitrogens with one attached hydrogen (secondary N) is 1. The number of amides is 1. The molecular weight excluding hydrogens is 283 g/mol. The number of rotatable bonds is 3. The second-order valence-corrected chi connectivity index (χ2v) is 4.51. The molecule has 2 aromatic rings. The van der Waals surface area contributed by atoms with Gasteiger partial charge in [-0.3, -0.25) is 4.79 Å². The molecule has 1 amide bonds. The highest BCUT2D eigenvalue weighted by molar-refractivity contribution is 6.31. The van der Waals surface area contributed by atoms with E-state index < -0.39 is 11.7 Å². The zero-order valence-electron chi connectivity index (χ0n) is 10.6. The van der Waals surface area contributed by atoms with Crippen molar-refractivity contribution >= 4 is 28.9 Å². The van der Waals surface area contributed by atoms with Crippen molar-refractivity contribution in [1.82, 2.24) is 0 Å². The molecule has 0 fully saturated rings. The molecule has 2 aromatic carbocycles. The van der Waals surface area contributed by atoms with Gasteiger partial charge in [-0.1, -0.05) is 11.6 Å². The lowest BCUT2D eigenvalue weighted by Crippen LogP contribution is -2.13. The summed E-state index contributed by atoms with van der Waals surface area (Å²) in [7, 11) is 1.47. The van der Waals surface area contributed by atoms with Crippen LogP contribution in [0.1, 0.15) is 10.4 Å². The number of nitrogen functional groups attached to an aromatic ring is 1. The second-order valence-electron chi connectivity index (χ2n) is 4.07. The number of carbonyl (C=O) groups excluding carboxylic acids is 1.